The van der Waals surface area contributed by atoms with E-state index in [-0.39, 0.29) is 48.3 Å². The van der Waals surface area contributed by atoms with Crippen molar-refractivity contribution in [3.63, 3.8) is 0 Å². The van der Waals surface area contributed by atoms with Crippen molar-refractivity contribution in [3.05, 3.63) is 72.3 Å². The summed E-state index contributed by atoms with van der Waals surface area (Å²) in [4.78, 5) is 24.7. The van der Waals surface area contributed by atoms with Gasteiger partial charge >= 0.3 is 5.97 Å². The molecule has 0 unspecified atom stereocenters. The number of ether oxygens (including phenoxy) is 1. The average Bonchev–Trinajstić information content (AvgIpc) is 2.70. The maximum Gasteiger partial charge on any atom is 0.340 e. The van der Waals surface area contributed by atoms with Gasteiger partial charge in [-0.05, 0) is 24.3 Å². The smallest absolute Gasteiger partial charge is 0.340 e. The van der Waals surface area contributed by atoms with E-state index >= 15 is 0 Å². The lowest BCUT2D eigenvalue weighted by atomic mass is 9.90. The molecule has 0 fully saturated rings. The van der Waals surface area contributed by atoms with Gasteiger partial charge < -0.3 is 14.3 Å². The highest BCUT2D eigenvalue weighted by molar-refractivity contribution is 6.39. The number of hydrogen-bond donors (Lipinski definition) is 1. The molecule has 0 saturated carbocycles. The molecular weight excluding hydrogens is 474 g/mol. The average molecular weight is 484 g/mol. The third-order valence-electron chi connectivity index (χ3n) is 4.58. The molecule has 0 spiro atoms. The van der Waals surface area contributed by atoms with Crippen LogP contribution in [0.2, 0.25) is 20.1 Å². The van der Waals surface area contributed by atoms with E-state index < -0.39 is 11.4 Å². The van der Waals surface area contributed by atoms with E-state index in [1.165, 1.54) is 43.5 Å². The number of rotatable bonds is 2. The molecular formula is C21H10Cl4O5. The Labute approximate surface area is 189 Å². The molecule has 1 aliphatic carbocycles. The second kappa shape index (κ2) is 7.67. The SMILES string of the molecule is COC(=O)c1c(Cl)ccc(Cl)c1-c1c2cc(Cl)c(=O)cc-2oc2cc(O)c(Cl)cc12. The van der Waals surface area contributed by atoms with E-state index in [2.05, 4.69) is 0 Å². The van der Waals surface area contributed by atoms with Crippen molar-refractivity contribution >= 4 is 63.3 Å². The number of benzene rings is 3. The summed E-state index contributed by atoms with van der Waals surface area (Å²) in [6.45, 7) is 0. The molecule has 1 aliphatic heterocycles. The van der Waals surface area contributed by atoms with Gasteiger partial charge in [0.15, 0.2) is 0 Å². The Balaban J connectivity index is 2.30. The van der Waals surface area contributed by atoms with Crippen molar-refractivity contribution in [2.45, 2.75) is 0 Å². The first-order valence-electron chi connectivity index (χ1n) is 8.38. The van der Waals surface area contributed by atoms with Crippen LogP contribution < -0.4 is 5.43 Å². The molecule has 1 heterocycles. The fourth-order valence-corrected chi connectivity index (χ4v) is 4.08. The molecule has 0 radical (unpaired) electrons. The number of fused-ring (bicyclic) bond motifs is 2. The lowest BCUT2D eigenvalue weighted by molar-refractivity contribution is 0.0602. The zero-order chi connectivity index (χ0) is 21.7. The molecule has 0 aromatic heterocycles. The van der Waals surface area contributed by atoms with Crippen LogP contribution in [-0.4, -0.2) is 18.2 Å². The Morgan fingerprint density at radius 1 is 0.933 bits per heavy atom. The molecule has 9 heteroatoms. The first-order valence-corrected chi connectivity index (χ1v) is 9.89. The van der Waals surface area contributed by atoms with Gasteiger partial charge in [-0.25, -0.2) is 4.79 Å². The Bertz CT molecular complexity index is 1380. The van der Waals surface area contributed by atoms with Gasteiger partial charge in [0.1, 0.15) is 17.1 Å². The molecule has 0 saturated heterocycles. The molecule has 2 aromatic rings. The molecule has 5 nitrogen and oxygen atoms in total. The highest BCUT2D eigenvalue weighted by Gasteiger charge is 2.27. The van der Waals surface area contributed by atoms with E-state index in [4.69, 9.17) is 55.6 Å². The second-order valence-electron chi connectivity index (χ2n) is 6.33. The summed E-state index contributed by atoms with van der Waals surface area (Å²) < 4.78 is 10.7. The van der Waals surface area contributed by atoms with Crippen LogP contribution in [0.15, 0.2) is 45.6 Å². The zero-order valence-electron chi connectivity index (χ0n) is 15.1. The molecule has 2 aliphatic rings. The topological polar surface area (TPSA) is 76.7 Å². The fourth-order valence-electron chi connectivity index (χ4n) is 3.27. The van der Waals surface area contributed by atoms with Crippen LogP contribution in [0.25, 0.3) is 33.4 Å². The molecule has 2 aromatic carbocycles. The minimum atomic E-state index is -0.712. The molecule has 30 heavy (non-hydrogen) atoms. The summed E-state index contributed by atoms with van der Waals surface area (Å²) >= 11 is 25.0. The number of halogens is 4. The van der Waals surface area contributed by atoms with Crippen LogP contribution in [0.4, 0.5) is 0 Å². The normalized spacial score (nSPS) is 11.2. The van der Waals surface area contributed by atoms with E-state index in [1.807, 2.05) is 0 Å². The first kappa shape index (κ1) is 20.8. The molecule has 0 atom stereocenters. The number of methoxy groups -OCH3 is 1. The number of carbonyl (C=O) groups excluding carboxylic acids is 1. The Hall–Kier alpha value is -2.44. The Morgan fingerprint density at radius 2 is 1.63 bits per heavy atom. The van der Waals surface area contributed by atoms with Crippen LogP contribution in [0.3, 0.4) is 0 Å². The van der Waals surface area contributed by atoms with Crippen molar-refractivity contribution in [2.75, 3.05) is 7.11 Å². The van der Waals surface area contributed by atoms with Gasteiger partial charge in [-0.3, -0.25) is 4.79 Å². The van der Waals surface area contributed by atoms with Gasteiger partial charge in [0.2, 0.25) is 5.43 Å². The summed E-state index contributed by atoms with van der Waals surface area (Å²) in [6, 6.07) is 8.38. The number of hydrogen-bond acceptors (Lipinski definition) is 5. The minimum absolute atomic E-state index is 0.0204. The first-order chi connectivity index (χ1) is 14.2. The monoisotopic (exact) mass is 482 g/mol. The van der Waals surface area contributed by atoms with Gasteiger partial charge in [0.25, 0.3) is 0 Å². The molecule has 0 amide bonds. The fraction of sp³-hybridized carbons (Fsp3) is 0.0476. The highest BCUT2D eigenvalue weighted by Crippen LogP contribution is 2.47. The van der Waals surface area contributed by atoms with Gasteiger partial charge in [0.05, 0.1) is 27.7 Å². The summed E-state index contributed by atoms with van der Waals surface area (Å²) in [5.74, 6) is -0.767. The van der Waals surface area contributed by atoms with Crippen molar-refractivity contribution < 1.29 is 19.1 Å². The van der Waals surface area contributed by atoms with Gasteiger partial charge in [0, 0.05) is 39.2 Å². The predicted octanol–water partition coefficient (Wildman–Crippen LogP) is 6.67. The van der Waals surface area contributed by atoms with E-state index in [9.17, 15) is 14.7 Å². The number of phenols is 1. The third kappa shape index (κ3) is 3.28. The number of aromatic hydroxyl groups is 1. The quantitative estimate of drug-likeness (QED) is 0.254. The molecule has 1 N–H and O–H groups in total. The highest BCUT2D eigenvalue weighted by atomic mass is 35.5. The number of esters is 1. The molecule has 0 bridgehead atoms. The van der Waals surface area contributed by atoms with Crippen molar-refractivity contribution in [1.82, 2.24) is 0 Å². The maximum absolute atomic E-state index is 12.6. The minimum Gasteiger partial charge on any atom is -0.506 e. The number of phenolic OH excluding ortho intramolecular Hbond substituents is 1. The van der Waals surface area contributed by atoms with E-state index in [0.717, 1.165) is 0 Å². The molecule has 152 valence electrons. The van der Waals surface area contributed by atoms with Crippen LogP contribution in [0.1, 0.15) is 10.4 Å². The van der Waals surface area contributed by atoms with Gasteiger partial charge in [-0.2, -0.15) is 0 Å². The van der Waals surface area contributed by atoms with E-state index in [1.54, 1.807) is 0 Å². The van der Waals surface area contributed by atoms with Gasteiger partial charge in [-0.15, -0.1) is 0 Å². The predicted molar refractivity (Wildman–Crippen MR) is 118 cm³/mol. The molecule has 4 rings (SSSR count). The van der Waals surface area contributed by atoms with Crippen LogP contribution in [0.5, 0.6) is 5.75 Å². The summed E-state index contributed by atoms with van der Waals surface area (Å²) in [5, 5.41) is 10.7. The maximum atomic E-state index is 12.6. The third-order valence-corrected chi connectivity index (χ3v) is 5.81. The summed E-state index contributed by atoms with van der Waals surface area (Å²) in [6.07, 6.45) is 0. The second-order valence-corrected chi connectivity index (χ2v) is 7.96. The summed E-state index contributed by atoms with van der Waals surface area (Å²) in [7, 11) is 1.22. The lowest BCUT2D eigenvalue weighted by Gasteiger charge is -2.19. The Morgan fingerprint density at radius 3 is 2.33 bits per heavy atom. The van der Waals surface area contributed by atoms with Crippen LogP contribution in [-0.2, 0) is 4.74 Å². The van der Waals surface area contributed by atoms with Crippen LogP contribution >= 0.6 is 46.4 Å². The lowest BCUT2D eigenvalue weighted by Crippen LogP contribution is -2.07. The van der Waals surface area contributed by atoms with Crippen LogP contribution in [0, 0.1) is 0 Å². The van der Waals surface area contributed by atoms with Crippen molar-refractivity contribution in [1.29, 1.82) is 0 Å². The van der Waals surface area contributed by atoms with Crippen molar-refractivity contribution in [2.24, 2.45) is 0 Å². The zero-order valence-corrected chi connectivity index (χ0v) is 18.1. The number of carbonyl (C=O) groups is 1. The van der Waals surface area contributed by atoms with Gasteiger partial charge in [-0.1, -0.05) is 46.4 Å². The standard InChI is InChI=1S/C21H10Cl4O5/c1-29-21(28)20-11(23)3-2-10(22)19(20)18-8-4-12(24)14(26)6-16(8)30-17-7-15(27)13(25)5-9(17)18/h2-7,26H,1H3. The Kier molecular flexibility index (Phi) is 5.32. The van der Waals surface area contributed by atoms with Crippen molar-refractivity contribution in [3.8, 4) is 28.2 Å². The summed E-state index contributed by atoms with van der Waals surface area (Å²) in [5.41, 5.74) is 0.797. The largest absolute Gasteiger partial charge is 0.506 e. The van der Waals surface area contributed by atoms with E-state index in [0.29, 0.717) is 16.5 Å².